The van der Waals surface area contributed by atoms with Crippen LogP contribution in [0.4, 0.5) is 0 Å². The van der Waals surface area contributed by atoms with Gasteiger partial charge < -0.3 is 19.5 Å². The molecule has 0 bridgehead atoms. The molecule has 0 aromatic carbocycles. The third-order valence-corrected chi connectivity index (χ3v) is 3.80. The van der Waals surface area contributed by atoms with Crippen molar-refractivity contribution in [3.05, 3.63) is 24.5 Å². The molecule has 0 saturated carbocycles. The number of unbranched alkanes of at least 4 members (excludes halogenated alkanes) is 1. The number of ether oxygens (including phenoxy) is 3. The summed E-state index contributed by atoms with van der Waals surface area (Å²) in [6.45, 7) is 12.8. The van der Waals surface area contributed by atoms with Gasteiger partial charge in [0.2, 0.25) is 5.91 Å². The molecule has 1 N–H and O–H groups in total. The van der Waals surface area contributed by atoms with Gasteiger partial charge in [0, 0.05) is 13.9 Å². The van der Waals surface area contributed by atoms with Crippen molar-refractivity contribution in [2.24, 2.45) is 5.92 Å². The van der Waals surface area contributed by atoms with Crippen LogP contribution < -0.4 is 5.32 Å². The van der Waals surface area contributed by atoms with E-state index < -0.39 is 0 Å². The Morgan fingerprint density at radius 3 is 2.64 bits per heavy atom. The lowest BCUT2D eigenvalue weighted by Gasteiger charge is -2.12. The first-order chi connectivity index (χ1) is 12.3. The van der Waals surface area contributed by atoms with Crippen molar-refractivity contribution in [2.45, 2.75) is 52.9 Å². The molecule has 0 aromatic rings. The molecule has 1 aliphatic carbocycles. The Morgan fingerprint density at radius 1 is 1.28 bits per heavy atom. The highest BCUT2D eigenvalue weighted by Gasteiger charge is 2.23. The van der Waals surface area contributed by atoms with Gasteiger partial charge in [0.15, 0.2) is 0 Å². The van der Waals surface area contributed by atoms with Crippen LogP contribution in [-0.2, 0) is 19.0 Å². The van der Waals surface area contributed by atoms with E-state index in [1.54, 1.807) is 0 Å². The molecule has 0 aliphatic heterocycles. The van der Waals surface area contributed by atoms with Gasteiger partial charge in [-0.3, -0.25) is 4.79 Å². The minimum Gasteiger partial charge on any atom is -0.499 e. The summed E-state index contributed by atoms with van der Waals surface area (Å²) >= 11 is 0. The summed E-state index contributed by atoms with van der Waals surface area (Å²) in [6.07, 6.45) is 9.01. The smallest absolute Gasteiger partial charge is 0.223 e. The molecule has 1 amide bonds. The maximum absolute atomic E-state index is 12.1. The van der Waals surface area contributed by atoms with E-state index in [0.29, 0.717) is 39.6 Å². The first-order valence-corrected chi connectivity index (χ1v) is 9.61. The first-order valence-electron chi connectivity index (χ1n) is 9.61. The standard InChI is InChI=1S/C18H31NO4.C2H6.H2/c1-3-5-6-16-7-8-17(15-16)18(20)19-9-10-22-13-14-23-12-11-21-4-2;1-2;/h4,7,17H,2-3,5-6,8-15H2,1H3,(H,19,20);1-2H3;1H. The van der Waals surface area contributed by atoms with Crippen molar-refractivity contribution in [2.75, 3.05) is 39.6 Å². The lowest BCUT2D eigenvalue weighted by Crippen LogP contribution is -2.32. The van der Waals surface area contributed by atoms with Gasteiger partial charge in [-0.2, -0.15) is 0 Å². The maximum Gasteiger partial charge on any atom is 0.223 e. The van der Waals surface area contributed by atoms with E-state index >= 15 is 0 Å². The largest absolute Gasteiger partial charge is 0.499 e. The first kappa shape index (κ1) is 23.7. The summed E-state index contributed by atoms with van der Waals surface area (Å²) < 4.78 is 15.6. The highest BCUT2D eigenvalue weighted by molar-refractivity contribution is 5.79. The average Bonchev–Trinajstić information content (AvgIpc) is 3.12. The number of carbonyl (C=O) groups is 1. The lowest BCUT2D eigenvalue weighted by molar-refractivity contribution is -0.124. The third kappa shape index (κ3) is 12.7. The molecule has 0 spiro atoms. The van der Waals surface area contributed by atoms with Crippen molar-refractivity contribution in [1.82, 2.24) is 5.32 Å². The molecule has 1 unspecified atom stereocenters. The van der Waals surface area contributed by atoms with Crippen LogP contribution in [0.25, 0.3) is 0 Å². The predicted molar refractivity (Wildman–Crippen MR) is 105 cm³/mol. The van der Waals surface area contributed by atoms with E-state index in [1.807, 2.05) is 13.8 Å². The number of rotatable bonds is 14. The van der Waals surface area contributed by atoms with Gasteiger partial charge in [-0.15, -0.1) is 0 Å². The van der Waals surface area contributed by atoms with E-state index in [4.69, 9.17) is 14.2 Å². The van der Waals surface area contributed by atoms with Crippen molar-refractivity contribution >= 4 is 5.91 Å². The zero-order valence-electron chi connectivity index (χ0n) is 16.4. The number of carbonyl (C=O) groups excluding carboxylic acids is 1. The zero-order chi connectivity index (χ0) is 18.8. The normalized spacial score (nSPS) is 15.8. The van der Waals surface area contributed by atoms with Gasteiger partial charge >= 0.3 is 0 Å². The van der Waals surface area contributed by atoms with Crippen molar-refractivity contribution in [3.8, 4) is 0 Å². The van der Waals surface area contributed by atoms with E-state index in [0.717, 1.165) is 19.3 Å². The second-order valence-corrected chi connectivity index (χ2v) is 5.66. The monoisotopic (exact) mass is 357 g/mol. The van der Waals surface area contributed by atoms with Gasteiger partial charge in [0.05, 0.1) is 32.7 Å². The average molecular weight is 358 g/mol. The Balaban J connectivity index is 0. The van der Waals surface area contributed by atoms with Gasteiger partial charge in [0.25, 0.3) is 0 Å². The fourth-order valence-electron chi connectivity index (χ4n) is 2.50. The van der Waals surface area contributed by atoms with Gasteiger partial charge in [0.1, 0.15) is 6.61 Å². The van der Waals surface area contributed by atoms with Crippen molar-refractivity contribution < 1.29 is 20.4 Å². The second-order valence-electron chi connectivity index (χ2n) is 5.66. The maximum atomic E-state index is 12.1. The van der Waals surface area contributed by atoms with Crippen LogP contribution in [0.5, 0.6) is 0 Å². The zero-order valence-corrected chi connectivity index (χ0v) is 16.4. The summed E-state index contributed by atoms with van der Waals surface area (Å²) in [5.74, 6) is 0.268. The molecular formula is C20H39NO4. The minimum atomic E-state index is 0. The molecule has 148 valence electrons. The van der Waals surface area contributed by atoms with Crippen LogP contribution in [0, 0.1) is 5.92 Å². The Hall–Kier alpha value is -1.33. The summed E-state index contributed by atoms with van der Waals surface area (Å²) in [5, 5.41) is 2.95. The molecule has 0 radical (unpaired) electrons. The van der Waals surface area contributed by atoms with E-state index in [9.17, 15) is 4.79 Å². The van der Waals surface area contributed by atoms with Gasteiger partial charge in [-0.1, -0.05) is 45.4 Å². The van der Waals surface area contributed by atoms with E-state index in [2.05, 4.69) is 24.9 Å². The van der Waals surface area contributed by atoms with Crippen molar-refractivity contribution in [3.63, 3.8) is 0 Å². The molecule has 0 fully saturated rings. The Kier molecular flexibility index (Phi) is 16.6. The third-order valence-electron chi connectivity index (χ3n) is 3.80. The quantitative estimate of drug-likeness (QED) is 0.289. The molecule has 1 aliphatic rings. The number of hydrogen-bond donors (Lipinski definition) is 1. The highest BCUT2D eigenvalue weighted by Crippen LogP contribution is 2.28. The lowest BCUT2D eigenvalue weighted by atomic mass is 10.0. The number of nitrogens with one attached hydrogen (secondary N) is 1. The molecule has 0 saturated heterocycles. The van der Waals surface area contributed by atoms with Crippen LogP contribution in [-0.4, -0.2) is 45.5 Å². The Morgan fingerprint density at radius 2 is 1.96 bits per heavy atom. The summed E-state index contributed by atoms with van der Waals surface area (Å²) in [6, 6.07) is 0. The molecule has 0 heterocycles. The topological polar surface area (TPSA) is 56.8 Å². The van der Waals surface area contributed by atoms with Crippen molar-refractivity contribution in [1.29, 1.82) is 0 Å². The molecule has 0 aromatic heterocycles. The molecular weight excluding hydrogens is 318 g/mol. The molecule has 1 atom stereocenters. The van der Waals surface area contributed by atoms with Gasteiger partial charge in [-0.25, -0.2) is 0 Å². The van der Waals surface area contributed by atoms with Crippen LogP contribution in [0.1, 0.15) is 54.3 Å². The van der Waals surface area contributed by atoms with Crippen LogP contribution in [0.15, 0.2) is 24.5 Å². The SMILES string of the molecule is C=COCCOCCOCCNC(=O)C1CC=C(CCCC)C1.CC.[HH]. The summed E-state index contributed by atoms with van der Waals surface area (Å²) in [5.41, 5.74) is 1.45. The van der Waals surface area contributed by atoms with Crippen LogP contribution in [0.3, 0.4) is 0 Å². The number of allylic oxidation sites excluding steroid dienone is 2. The van der Waals surface area contributed by atoms with Crippen LogP contribution in [0.2, 0.25) is 0 Å². The van der Waals surface area contributed by atoms with Gasteiger partial charge in [-0.05, 0) is 25.7 Å². The van der Waals surface area contributed by atoms with E-state index in [1.165, 1.54) is 24.7 Å². The number of hydrogen-bond acceptors (Lipinski definition) is 4. The second kappa shape index (κ2) is 17.5. The summed E-state index contributed by atoms with van der Waals surface area (Å²) in [7, 11) is 0. The van der Waals surface area contributed by atoms with Crippen LogP contribution >= 0.6 is 0 Å². The predicted octanol–water partition coefficient (Wildman–Crippen LogP) is 4.09. The molecule has 5 nitrogen and oxygen atoms in total. The Bertz CT molecular complexity index is 375. The highest BCUT2D eigenvalue weighted by atomic mass is 16.5. The van der Waals surface area contributed by atoms with E-state index in [-0.39, 0.29) is 13.3 Å². The fraction of sp³-hybridized carbons (Fsp3) is 0.750. The minimum absolute atomic E-state index is 0. The Labute approximate surface area is 155 Å². The summed E-state index contributed by atoms with van der Waals surface area (Å²) in [4.78, 5) is 12.1. The molecule has 1 rings (SSSR count). The molecule has 5 heteroatoms. The number of amides is 1. The fourth-order valence-corrected chi connectivity index (χ4v) is 2.50. The molecule has 25 heavy (non-hydrogen) atoms.